The zero-order chi connectivity index (χ0) is 18.3. The summed E-state index contributed by atoms with van der Waals surface area (Å²) in [5, 5.41) is 0. The Hall–Kier alpha value is -1.97. The van der Waals surface area contributed by atoms with Gasteiger partial charge in [0.05, 0.1) is 11.6 Å². The minimum Gasteiger partial charge on any atom is -0.299 e. The Morgan fingerprint density at radius 3 is 2.00 bits per heavy atom. The molecule has 1 fully saturated rings. The van der Waals surface area contributed by atoms with Gasteiger partial charge < -0.3 is 0 Å². The fourth-order valence-corrected chi connectivity index (χ4v) is 2.79. The van der Waals surface area contributed by atoms with E-state index in [1.165, 1.54) is 4.90 Å². The zero-order valence-corrected chi connectivity index (χ0v) is 15.5. The average molecular weight is 329 g/mol. The topological polar surface area (TPSA) is 54.5 Å². The van der Waals surface area contributed by atoms with Crippen molar-refractivity contribution in [3.8, 4) is 0 Å². The molecule has 1 saturated heterocycles. The lowest BCUT2D eigenvalue weighted by molar-refractivity contribution is -0.126. The smallest absolute Gasteiger partial charge is 0.237 e. The van der Waals surface area contributed by atoms with Crippen LogP contribution in [0.1, 0.15) is 53.5 Å². The Bertz CT molecular complexity index is 660. The van der Waals surface area contributed by atoms with Gasteiger partial charge in [-0.25, -0.2) is 0 Å². The van der Waals surface area contributed by atoms with E-state index in [2.05, 4.69) is 0 Å². The molecule has 1 atom stereocenters. The zero-order valence-electron chi connectivity index (χ0n) is 15.5. The number of rotatable bonds is 3. The fraction of sp³-hybridized carbons (Fsp3) is 0.550. The molecule has 4 nitrogen and oxygen atoms in total. The summed E-state index contributed by atoms with van der Waals surface area (Å²) < 4.78 is 0. The first-order chi connectivity index (χ1) is 10.9. The second-order valence-electron chi connectivity index (χ2n) is 8.71. The molecule has 130 valence electrons. The van der Waals surface area contributed by atoms with E-state index >= 15 is 0 Å². The van der Waals surface area contributed by atoms with Crippen molar-refractivity contribution in [2.45, 2.75) is 54.4 Å². The lowest BCUT2D eigenvalue weighted by atomic mass is 9.80. The number of amides is 2. The van der Waals surface area contributed by atoms with Crippen LogP contribution >= 0.6 is 0 Å². The van der Waals surface area contributed by atoms with Gasteiger partial charge in [0.1, 0.15) is 5.78 Å². The molecule has 0 aliphatic carbocycles. The summed E-state index contributed by atoms with van der Waals surface area (Å²) >= 11 is 0. The molecule has 1 aliphatic rings. The third kappa shape index (κ3) is 3.74. The van der Waals surface area contributed by atoms with Gasteiger partial charge in [-0.15, -0.1) is 0 Å². The van der Waals surface area contributed by atoms with Gasteiger partial charge in [0, 0.05) is 18.3 Å². The summed E-state index contributed by atoms with van der Waals surface area (Å²) in [5.41, 5.74) is 0.869. The SMILES string of the molecule is CC(C)(C)C(=O)Cc1ccc(N2C(=O)CC(C(C)(C)C)C2=O)cc1. The molecular weight excluding hydrogens is 302 g/mol. The van der Waals surface area contributed by atoms with Gasteiger partial charge in [-0.1, -0.05) is 53.7 Å². The Morgan fingerprint density at radius 2 is 1.58 bits per heavy atom. The van der Waals surface area contributed by atoms with Gasteiger partial charge in [-0.05, 0) is 23.1 Å². The molecule has 0 spiro atoms. The van der Waals surface area contributed by atoms with Gasteiger partial charge in [-0.2, -0.15) is 0 Å². The Morgan fingerprint density at radius 1 is 1.04 bits per heavy atom. The molecule has 24 heavy (non-hydrogen) atoms. The average Bonchev–Trinajstić information content (AvgIpc) is 2.74. The molecule has 2 rings (SSSR count). The van der Waals surface area contributed by atoms with E-state index in [9.17, 15) is 14.4 Å². The van der Waals surface area contributed by atoms with Crippen LogP contribution in [0.15, 0.2) is 24.3 Å². The van der Waals surface area contributed by atoms with Crippen molar-refractivity contribution in [2.75, 3.05) is 4.90 Å². The number of hydrogen-bond donors (Lipinski definition) is 0. The molecular formula is C20H27NO3. The van der Waals surface area contributed by atoms with Crippen molar-refractivity contribution in [1.82, 2.24) is 0 Å². The molecule has 0 saturated carbocycles. The van der Waals surface area contributed by atoms with Crippen LogP contribution in [-0.4, -0.2) is 17.6 Å². The van der Waals surface area contributed by atoms with Crippen LogP contribution in [0, 0.1) is 16.7 Å². The largest absolute Gasteiger partial charge is 0.299 e. The summed E-state index contributed by atoms with van der Waals surface area (Å²) in [6, 6.07) is 7.16. The van der Waals surface area contributed by atoms with Crippen molar-refractivity contribution in [3.63, 3.8) is 0 Å². The Balaban J connectivity index is 2.18. The van der Waals surface area contributed by atoms with Gasteiger partial charge in [0.2, 0.25) is 11.8 Å². The maximum atomic E-state index is 12.6. The van der Waals surface area contributed by atoms with Crippen LogP contribution in [0.25, 0.3) is 0 Å². The van der Waals surface area contributed by atoms with Crippen molar-refractivity contribution < 1.29 is 14.4 Å². The van der Waals surface area contributed by atoms with Crippen molar-refractivity contribution in [3.05, 3.63) is 29.8 Å². The number of nitrogens with zero attached hydrogens (tertiary/aromatic N) is 1. The van der Waals surface area contributed by atoms with Crippen LogP contribution in [0.5, 0.6) is 0 Å². The maximum absolute atomic E-state index is 12.6. The highest BCUT2D eigenvalue weighted by Gasteiger charge is 2.45. The predicted molar refractivity (Wildman–Crippen MR) is 94.7 cm³/mol. The number of imide groups is 1. The fourth-order valence-electron chi connectivity index (χ4n) is 2.79. The van der Waals surface area contributed by atoms with E-state index in [1.54, 1.807) is 12.1 Å². The molecule has 1 aromatic carbocycles. The highest BCUT2D eigenvalue weighted by Crippen LogP contribution is 2.37. The van der Waals surface area contributed by atoms with Crippen LogP contribution < -0.4 is 4.90 Å². The number of ketones is 1. The molecule has 0 N–H and O–H groups in total. The van der Waals surface area contributed by atoms with Crippen LogP contribution in [0.4, 0.5) is 5.69 Å². The molecule has 0 radical (unpaired) electrons. The third-order valence-corrected chi connectivity index (χ3v) is 4.59. The number of hydrogen-bond acceptors (Lipinski definition) is 3. The number of carbonyl (C=O) groups is 3. The lowest BCUT2D eigenvalue weighted by Gasteiger charge is -2.24. The van der Waals surface area contributed by atoms with Crippen LogP contribution in [0.2, 0.25) is 0 Å². The molecule has 0 bridgehead atoms. The second kappa shape index (κ2) is 6.15. The molecule has 0 aromatic heterocycles. The standard InChI is InChI=1S/C20H27NO3/c1-19(2,3)15-12-17(23)21(18(15)24)14-9-7-13(8-10-14)11-16(22)20(4,5)6/h7-10,15H,11-12H2,1-6H3. The van der Waals surface area contributed by atoms with Crippen molar-refractivity contribution in [1.29, 1.82) is 0 Å². The predicted octanol–water partition coefficient (Wildman–Crippen LogP) is 3.77. The lowest BCUT2D eigenvalue weighted by Crippen LogP contribution is -2.34. The molecule has 1 heterocycles. The number of Topliss-reactive ketones (excluding diaryl/α,β-unsaturated/α-hetero) is 1. The number of carbonyl (C=O) groups excluding carboxylic acids is 3. The highest BCUT2D eigenvalue weighted by molar-refractivity contribution is 6.21. The second-order valence-corrected chi connectivity index (χ2v) is 8.71. The Labute approximate surface area is 144 Å². The monoisotopic (exact) mass is 329 g/mol. The summed E-state index contributed by atoms with van der Waals surface area (Å²) in [4.78, 5) is 38.3. The van der Waals surface area contributed by atoms with Gasteiger partial charge in [0.15, 0.2) is 0 Å². The minimum absolute atomic E-state index is 0.133. The van der Waals surface area contributed by atoms with E-state index in [0.29, 0.717) is 12.1 Å². The van der Waals surface area contributed by atoms with E-state index < -0.39 is 0 Å². The van der Waals surface area contributed by atoms with Crippen LogP contribution in [0.3, 0.4) is 0 Å². The maximum Gasteiger partial charge on any atom is 0.237 e. The van der Waals surface area contributed by atoms with Crippen molar-refractivity contribution >= 4 is 23.3 Å². The van der Waals surface area contributed by atoms with E-state index in [0.717, 1.165) is 5.56 Å². The molecule has 1 unspecified atom stereocenters. The third-order valence-electron chi connectivity index (χ3n) is 4.59. The van der Waals surface area contributed by atoms with Gasteiger partial charge >= 0.3 is 0 Å². The molecule has 1 aromatic rings. The first kappa shape index (κ1) is 18.4. The van der Waals surface area contributed by atoms with E-state index in [-0.39, 0.29) is 40.8 Å². The van der Waals surface area contributed by atoms with E-state index in [4.69, 9.17) is 0 Å². The van der Waals surface area contributed by atoms with Gasteiger partial charge in [-0.3, -0.25) is 19.3 Å². The quantitative estimate of drug-likeness (QED) is 0.793. The number of anilines is 1. The Kier molecular flexibility index (Phi) is 4.71. The highest BCUT2D eigenvalue weighted by atomic mass is 16.2. The summed E-state index contributed by atoms with van der Waals surface area (Å²) in [5.74, 6) is -0.409. The summed E-state index contributed by atoms with van der Waals surface area (Å²) in [6.07, 6.45) is 0.614. The summed E-state index contributed by atoms with van der Waals surface area (Å²) in [6.45, 7) is 11.6. The summed E-state index contributed by atoms with van der Waals surface area (Å²) in [7, 11) is 0. The molecule has 4 heteroatoms. The normalized spacial score (nSPS) is 19.1. The van der Waals surface area contributed by atoms with E-state index in [1.807, 2.05) is 53.7 Å². The molecule has 2 amide bonds. The van der Waals surface area contributed by atoms with Gasteiger partial charge in [0.25, 0.3) is 0 Å². The van der Waals surface area contributed by atoms with Crippen molar-refractivity contribution in [2.24, 2.45) is 16.7 Å². The first-order valence-corrected chi connectivity index (χ1v) is 8.40. The molecule has 1 aliphatic heterocycles. The number of benzene rings is 1. The van der Waals surface area contributed by atoms with Crippen LogP contribution in [-0.2, 0) is 20.8 Å². The minimum atomic E-state index is -0.376. The first-order valence-electron chi connectivity index (χ1n) is 8.40.